The summed E-state index contributed by atoms with van der Waals surface area (Å²) in [7, 11) is 1.26. The van der Waals surface area contributed by atoms with Gasteiger partial charge in [0, 0.05) is 38.0 Å². The summed E-state index contributed by atoms with van der Waals surface area (Å²) in [4.78, 5) is 79.2. The number of aromatic nitrogens is 2. The average Bonchev–Trinajstić information content (AvgIpc) is 3.65. The Labute approximate surface area is 405 Å². The number of amides is 2. The van der Waals surface area contributed by atoms with E-state index in [1.165, 1.54) is 11.7 Å². The molecule has 4 atom stereocenters. The van der Waals surface area contributed by atoms with Gasteiger partial charge in [-0.25, -0.2) is 19.4 Å². The Morgan fingerprint density at radius 1 is 0.860 bits per heavy atom. The van der Waals surface area contributed by atoms with Gasteiger partial charge in [0.25, 0.3) is 6.47 Å². The third kappa shape index (κ3) is 17.4. The Hall–Kier alpha value is 0.703. The van der Waals surface area contributed by atoms with Crippen molar-refractivity contribution in [2.24, 2.45) is 23.7 Å². The molecule has 0 unspecified atom stereocenters. The first-order valence-corrected chi connectivity index (χ1v) is 17.6. The summed E-state index contributed by atoms with van der Waals surface area (Å²) in [6, 6.07) is 0. The van der Waals surface area contributed by atoms with Crippen molar-refractivity contribution in [1.82, 2.24) is 19.4 Å². The number of carbonyl (C=O) groups excluding carboxylic acids is 6. The molecule has 0 aliphatic carbocycles. The van der Waals surface area contributed by atoms with Crippen LogP contribution in [0, 0.1) is 23.7 Å². The van der Waals surface area contributed by atoms with Crippen LogP contribution in [0.2, 0.25) is 0 Å². The molecule has 1 aromatic rings. The molecule has 2 aliphatic rings. The molecule has 2 saturated heterocycles. The van der Waals surface area contributed by atoms with E-state index in [0.29, 0.717) is 34.3 Å². The number of esters is 1. The number of alkyl halides is 1. The zero-order valence-electron chi connectivity index (χ0n) is 31.5. The van der Waals surface area contributed by atoms with Gasteiger partial charge < -0.3 is 40.1 Å². The first kappa shape index (κ1) is 52.8. The Bertz CT molecular complexity index is 1330. The number of nitrogens with zero attached hydrogens (tertiary/aromatic N) is 4. The summed E-state index contributed by atoms with van der Waals surface area (Å²) >= 11 is 9.64. The maximum atomic E-state index is 12.9. The van der Waals surface area contributed by atoms with E-state index in [4.69, 9.17) is 24.3 Å². The second-order valence-electron chi connectivity index (χ2n) is 13.3. The Balaban J connectivity index is -0.000000831. The molecule has 1 aromatic heterocycles. The zero-order chi connectivity index (χ0) is 37.1. The number of methoxy groups -OCH3 is 1. The number of likely N-dealkylation sites (tertiary alicyclic amines) is 2. The van der Waals surface area contributed by atoms with Gasteiger partial charge in [-0.1, -0.05) is 29.8 Å². The first-order chi connectivity index (χ1) is 22.1. The van der Waals surface area contributed by atoms with Crippen molar-refractivity contribution >= 4 is 84.0 Å². The van der Waals surface area contributed by atoms with Gasteiger partial charge in [0.05, 0.1) is 19.0 Å². The molecule has 0 saturated carbocycles. The van der Waals surface area contributed by atoms with Gasteiger partial charge in [0.15, 0.2) is 16.2 Å². The number of hydrogen-bond acceptors (Lipinski definition) is 12. The van der Waals surface area contributed by atoms with E-state index in [-0.39, 0.29) is 171 Å². The van der Waals surface area contributed by atoms with Crippen LogP contribution in [0.5, 0.6) is 0 Å². The molecule has 2 fully saturated rings. The van der Waals surface area contributed by atoms with Crippen molar-refractivity contribution in [3.8, 4) is 0 Å². The molecule has 20 heteroatoms. The molecule has 0 spiro atoms. The van der Waals surface area contributed by atoms with E-state index in [1.807, 2.05) is 34.6 Å². The SMILES string of the molecule is COC(=O)c1c(Br)nc(Br)n1CC(=O)[C@H]1CN(C(=O)OC(C)(C)C)C[C@@H]1C.C[C@@H]1CN(C(=O)OC(C)(C)C)C[C@H]1C(=O)CBr.O=CO[O-].[H-].[K+].[K+]. The van der Waals surface area contributed by atoms with E-state index in [9.17, 15) is 24.0 Å². The molecule has 15 nitrogen and oxygen atoms in total. The number of ketones is 2. The van der Waals surface area contributed by atoms with Crippen LogP contribution in [-0.4, -0.2) is 105 Å². The second-order valence-corrected chi connectivity index (χ2v) is 15.3. The fourth-order valence-corrected chi connectivity index (χ4v) is 6.61. The smallest absolute Gasteiger partial charge is 1.00 e. The molecule has 0 aromatic carbocycles. The monoisotopic (exact) mass is 952 g/mol. The Kier molecular flexibility index (Phi) is 25.6. The van der Waals surface area contributed by atoms with E-state index in [0.717, 1.165) is 0 Å². The quantitative estimate of drug-likeness (QED) is 0.0574. The minimum Gasteiger partial charge on any atom is -1.00 e. The molecule has 274 valence electrons. The molecule has 3 heterocycles. The van der Waals surface area contributed by atoms with Crippen molar-refractivity contribution in [2.75, 3.05) is 38.6 Å². The van der Waals surface area contributed by atoms with E-state index >= 15 is 0 Å². The van der Waals surface area contributed by atoms with Crippen LogP contribution in [0.4, 0.5) is 9.59 Å². The van der Waals surface area contributed by atoms with E-state index < -0.39 is 23.3 Å². The number of rotatable bonds is 7. The summed E-state index contributed by atoms with van der Waals surface area (Å²) in [5.74, 6) is -0.765. The van der Waals surface area contributed by atoms with Gasteiger partial charge in [-0.3, -0.25) is 14.4 Å². The van der Waals surface area contributed by atoms with Gasteiger partial charge in [0.2, 0.25) is 0 Å². The van der Waals surface area contributed by atoms with Gasteiger partial charge >= 0.3 is 121 Å². The average molecular weight is 956 g/mol. The minimum atomic E-state index is -0.595. The minimum absolute atomic E-state index is 0. The predicted molar refractivity (Wildman–Crippen MR) is 182 cm³/mol. The fourth-order valence-electron chi connectivity index (χ4n) is 4.93. The van der Waals surface area contributed by atoms with Crippen LogP contribution in [0.3, 0.4) is 0 Å². The summed E-state index contributed by atoms with van der Waals surface area (Å²) in [6.45, 7) is 16.4. The largest absolute Gasteiger partial charge is 1.00 e. The maximum Gasteiger partial charge on any atom is 1.00 e. The van der Waals surface area contributed by atoms with Crippen LogP contribution in [0.15, 0.2) is 9.34 Å². The Morgan fingerprint density at radius 3 is 1.60 bits per heavy atom. The molecule has 2 amide bonds. The third-order valence-electron chi connectivity index (χ3n) is 7.10. The molecule has 0 N–H and O–H groups in total. The van der Waals surface area contributed by atoms with Crippen molar-refractivity contribution in [3.63, 3.8) is 0 Å². The van der Waals surface area contributed by atoms with Crippen LogP contribution in [0.1, 0.15) is 67.3 Å². The molecule has 0 bridgehead atoms. The van der Waals surface area contributed by atoms with Crippen LogP contribution < -0.4 is 108 Å². The molecule has 2 aliphatic heterocycles. The zero-order valence-corrected chi connectivity index (χ0v) is 41.5. The van der Waals surface area contributed by atoms with Crippen molar-refractivity contribution < 1.29 is 157 Å². The van der Waals surface area contributed by atoms with Crippen LogP contribution in [0.25, 0.3) is 0 Å². The number of imidazole rings is 1. The van der Waals surface area contributed by atoms with Crippen LogP contribution in [-0.2, 0) is 40.0 Å². The number of Topliss-reactive ketones (excluding diaryl/α,β-unsaturated/α-hetero) is 2. The summed E-state index contributed by atoms with van der Waals surface area (Å²) in [5, 5.41) is 8.78. The van der Waals surface area contributed by atoms with Gasteiger partial charge in [-0.05, 0) is 85.2 Å². The van der Waals surface area contributed by atoms with Gasteiger partial charge in [0.1, 0.15) is 21.6 Å². The van der Waals surface area contributed by atoms with Crippen LogP contribution >= 0.6 is 47.8 Å². The topological polar surface area (TPSA) is 187 Å². The number of carbonyl (C=O) groups is 6. The van der Waals surface area contributed by atoms with E-state index in [1.54, 1.807) is 30.6 Å². The second kappa shape index (κ2) is 24.3. The van der Waals surface area contributed by atoms with Gasteiger partial charge in [-0.15, -0.1) is 0 Å². The maximum absolute atomic E-state index is 12.9. The van der Waals surface area contributed by atoms with Crippen molar-refractivity contribution in [3.05, 3.63) is 15.0 Å². The summed E-state index contributed by atoms with van der Waals surface area (Å²) < 4.78 is 17.5. The number of halogens is 3. The van der Waals surface area contributed by atoms with Crippen molar-refractivity contribution in [2.45, 2.75) is 73.1 Å². The molecule has 3 rings (SSSR count). The number of hydrogen-bond donors (Lipinski definition) is 0. The predicted octanol–water partition coefficient (Wildman–Crippen LogP) is -1.72. The van der Waals surface area contributed by atoms with E-state index in [2.05, 4.69) is 57.7 Å². The van der Waals surface area contributed by atoms with Gasteiger partial charge in [-0.2, -0.15) is 0 Å². The first-order valence-electron chi connectivity index (χ1n) is 14.9. The Morgan fingerprint density at radius 2 is 1.26 bits per heavy atom. The fraction of sp³-hybridized carbons (Fsp3) is 0.700. The summed E-state index contributed by atoms with van der Waals surface area (Å²) in [6.07, 6.45) is -0.749. The third-order valence-corrected chi connectivity index (χ3v) is 8.81. The molecule has 50 heavy (non-hydrogen) atoms. The molecular weight excluding hydrogens is 910 g/mol. The standard InChI is InChI=1S/C17H23Br2N3O5.C12H20BrNO3.CH2O3.2K.H/c1-9-6-21(16(25)27-17(2,3)4)7-10(9)11(23)8-22-12(14(24)26-5)13(18)20-15(22)19;1-8-6-14(7-9(8)10(15)5-13)11(16)17-12(2,3)4;2-1-4-3;;;/h9-10H,6-8H2,1-5H3;8-9H,5-7H2,1-4H3;1,3H;;;/q;;;2*+1;-1/p-1/t9-,10-;8-,9-;;;;/m01..../s1. The number of ether oxygens (including phenoxy) is 3. The molecule has 0 radical (unpaired) electrons. The molecular formula is C30H45Br3K2N4O11. The normalized spacial score (nSPS) is 19.6. The summed E-state index contributed by atoms with van der Waals surface area (Å²) in [5.41, 5.74) is -0.920. The van der Waals surface area contributed by atoms with Crippen molar-refractivity contribution in [1.29, 1.82) is 0 Å².